The average molecular weight is 714 g/mol. The first-order chi connectivity index (χ1) is 26.2. The molecule has 3 heterocycles. The van der Waals surface area contributed by atoms with Crippen LogP contribution in [0.2, 0.25) is 0 Å². The Hall–Kier alpha value is -6.54. The summed E-state index contributed by atoms with van der Waals surface area (Å²) < 4.78 is 13.5. The number of pyridine rings is 2. The maximum Gasteiger partial charge on any atom is 0.410 e. The Morgan fingerprint density at radius 2 is 1.24 bits per heavy atom. The van der Waals surface area contributed by atoms with Gasteiger partial charge in [-0.2, -0.15) is 5.10 Å². The van der Waals surface area contributed by atoms with Crippen molar-refractivity contribution in [2.45, 2.75) is 31.9 Å². The number of hydrogen-bond donors (Lipinski definition) is 0. The summed E-state index contributed by atoms with van der Waals surface area (Å²) in [5.41, 5.74) is 7.07. The summed E-state index contributed by atoms with van der Waals surface area (Å²) in [5, 5.41) is 5.43. The maximum atomic E-state index is 12.3. The molecule has 1 amide bonds. The van der Waals surface area contributed by atoms with Crippen LogP contribution in [0.25, 0.3) is 33.8 Å². The molecule has 0 bridgehead atoms. The molecular formula is C46H43N5O3. The van der Waals surface area contributed by atoms with Crippen LogP contribution in [0.5, 0.6) is 5.75 Å². The molecule has 0 saturated heterocycles. The first-order valence-corrected chi connectivity index (χ1v) is 18.0. The first-order valence-electron chi connectivity index (χ1n) is 18.0. The minimum Gasteiger partial charge on any atom is -0.492 e. The Bertz CT molecular complexity index is 2190. The highest BCUT2D eigenvalue weighted by Crippen LogP contribution is 2.43. The van der Waals surface area contributed by atoms with Gasteiger partial charge in [0.1, 0.15) is 29.2 Å². The second-order valence-corrected chi connectivity index (χ2v) is 14.1. The van der Waals surface area contributed by atoms with Crippen LogP contribution in [0.15, 0.2) is 164 Å². The number of aromatic nitrogens is 4. The quantitative estimate of drug-likeness (QED) is 0.124. The standard InChI is InChI=1S/C46H43N5O3/c1-45(2,3)54-44(52)50(4)30-31-53-39-25-23-34(24-26-39)42-32-35(27-29-48-42)40-33-51(49-43(40)41-22-14-15-28-47-41)46(36-16-8-5-9-17-36,37-18-10-6-11-19-37)38-20-12-7-13-21-38/h5-29,32-33H,30-31H2,1-4H3. The molecule has 270 valence electrons. The van der Waals surface area contributed by atoms with Crippen molar-refractivity contribution in [3.05, 3.63) is 181 Å². The Balaban J connectivity index is 1.26. The van der Waals surface area contributed by atoms with Gasteiger partial charge in [-0.15, -0.1) is 0 Å². The molecule has 0 saturated carbocycles. The smallest absolute Gasteiger partial charge is 0.410 e. The van der Waals surface area contributed by atoms with Crippen molar-refractivity contribution in [1.29, 1.82) is 0 Å². The zero-order valence-electron chi connectivity index (χ0n) is 31.0. The molecule has 7 aromatic rings. The largest absolute Gasteiger partial charge is 0.492 e. The van der Waals surface area contributed by atoms with Crippen LogP contribution in [-0.4, -0.2) is 56.5 Å². The molecule has 0 aliphatic rings. The second kappa shape index (κ2) is 15.6. The minimum atomic E-state index is -0.793. The molecule has 54 heavy (non-hydrogen) atoms. The number of hydrogen-bond acceptors (Lipinski definition) is 6. The van der Waals surface area contributed by atoms with E-state index in [4.69, 9.17) is 24.5 Å². The lowest BCUT2D eigenvalue weighted by Crippen LogP contribution is -2.38. The maximum absolute atomic E-state index is 12.3. The molecule has 3 aromatic heterocycles. The van der Waals surface area contributed by atoms with Crippen LogP contribution < -0.4 is 4.74 Å². The normalized spacial score (nSPS) is 11.6. The van der Waals surface area contributed by atoms with Crippen LogP contribution in [0, 0.1) is 0 Å². The van der Waals surface area contributed by atoms with E-state index in [1.165, 1.54) is 4.90 Å². The molecule has 0 atom stereocenters. The molecule has 0 unspecified atom stereocenters. The molecule has 4 aromatic carbocycles. The Morgan fingerprint density at radius 1 is 0.667 bits per heavy atom. The molecule has 0 N–H and O–H groups in total. The molecule has 0 spiro atoms. The van der Waals surface area contributed by atoms with E-state index in [9.17, 15) is 4.79 Å². The molecular weight excluding hydrogens is 671 g/mol. The van der Waals surface area contributed by atoms with E-state index >= 15 is 0 Å². The van der Waals surface area contributed by atoms with Crippen molar-refractivity contribution >= 4 is 6.09 Å². The van der Waals surface area contributed by atoms with Gasteiger partial charge in [0.05, 0.1) is 17.9 Å². The average Bonchev–Trinajstić information content (AvgIpc) is 3.65. The summed E-state index contributed by atoms with van der Waals surface area (Å²) >= 11 is 0. The molecule has 8 nitrogen and oxygen atoms in total. The van der Waals surface area contributed by atoms with Gasteiger partial charge in [-0.3, -0.25) is 14.6 Å². The second-order valence-electron chi connectivity index (χ2n) is 14.1. The lowest BCUT2D eigenvalue weighted by atomic mass is 9.77. The number of carbonyl (C=O) groups excluding carboxylic acids is 1. The van der Waals surface area contributed by atoms with Crippen molar-refractivity contribution in [2.75, 3.05) is 20.2 Å². The lowest BCUT2D eigenvalue weighted by molar-refractivity contribution is 0.0278. The van der Waals surface area contributed by atoms with Crippen LogP contribution in [0.3, 0.4) is 0 Å². The van der Waals surface area contributed by atoms with Crippen LogP contribution >= 0.6 is 0 Å². The van der Waals surface area contributed by atoms with Gasteiger partial charge in [0.15, 0.2) is 0 Å². The van der Waals surface area contributed by atoms with Crippen molar-refractivity contribution in [3.8, 4) is 39.5 Å². The third kappa shape index (κ3) is 7.64. The van der Waals surface area contributed by atoms with E-state index in [1.54, 1.807) is 13.2 Å². The third-order valence-corrected chi connectivity index (χ3v) is 9.16. The van der Waals surface area contributed by atoms with Gasteiger partial charge >= 0.3 is 6.09 Å². The van der Waals surface area contributed by atoms with Gasteiger partial charge in [0.25, 0.3) is 0 Å². The molecule has 0 radical (unpaired) electrons. The SMILES string of the molecule is CN(CCOc1ccc(-c2cc(-c3cn(C(c4ccccc4)(c4ccccc4)c4ccccc4)nc3-c3ccccn3)ccn2)cc1)C(=O)OC(C)(C)C. The number of ether oxygens (including phenoxy) is 2. The topological polar surface area (TPSA) is 82.4 Å². The summed E-state index contributed by atoms with van der Waals surface area (Å²) in [6, 6.07) is 49.4. The molecule has 0 aliphatic carbocycles. The van der Waals surface area contributed by atoms with E-state index in [2.05, 4.69) is 89.7 Å². The van der Waals surface area contributed by atoms with E-state index in [0.717, 1.165) is 50.5 Å². The summed E-state index contributed by atoms with van der Waals surface area (Å²) in [4.78, 5) is 23.3. The van der Waals surface area contributed by atoms with Gasteiger partial charge in [0, 0.05) is 36.8 Å². The number of benzene rings is 4. The number of carbonyl (C=O) groups is 1. The molecule has 8 heteroatoms. The van der Waals surface area contributed by atoms with Crippen LogP contribution in [0.1, 0.15) is 37.5 Å². The van der Waals surface area contributed by atoms with E-state index < -0.39 is 11.1 Å². The van der Waals surface area contributed by atoms with E-state index in [1.807, 2.05) is 93.7 Å². The third-order valence-electron chi connectivity index (χ3n) is 9.16. The van der Waals surface area contributed by atoms with Crippen molar-refractivity contribution < 1.29 is 14.3 Å². The van der Waals surface area contributed by atoms with E-state index in [-0.39, 0.29) is 6.09 Å². The molecule has 0 fully saturated rings. The fourth-order valence-electron chi connectivity index (χ4n) is 6.59. The van der Waals surface area contributed by atoms with Gasteiger partial charge in [-0.25, -0.2) is 4.79 Å². The highest BCUT2D eigenvalue weighted by atomic mass is 16.6. The Kier molecular flexibility index (Phi) is 10.4. The number of amides is 1. The van der Waals surface area contributed by atoms with Gasteiger partial charge < -0.3 is 14.4 Å². The predicted octanol–water partition coefficient (Wildman–Crippen LogP) is 9.76. The van der Waals surface area contributed by atoms with Crippen LogP contribution in [-0.2, 0) is 10.3 Å². The molecule has 0 aliphatic heterocycles. The van der Waals surface area contributed by atoms with Crippen molar-refractivity contribution in [1.82, 2.24) is 24.6 Å². The summed E-state index contributed by atoms with van der Waals surface area (Å²) in [5.74, 6) is 0.699. The summed E-state index contributed by atoms with van der Waals surface area (Å²) in [6.45, 7) is 6.28. The number of nitrogens with zero attached hydrogens (tertiary/aromatic N) is 5. The van der Waals surface area contributed by atoms with Gasteiger partial charge in [-0.1, -0.05) is 97.1 Å². The highest BCUT2D eigenvalue weighted by Gasteiger charge is 2.40. The monoisotopic (exact) mass is 713 g/mol. The predicted molar refractivity (Wildman–Crippen MR) is 213 cm³/mol. The van der Waals surface area contributed by atoms with Gasteiger partial charge in [0.2, 0.25) is 0 Å². The number of likely N-dealkylation sites (N-methyl/N-ethyl adjacent to an activating group) is 1. The Morgan fingerprint density at radius 3 is 1.80 bits per heavy atom. The number of rotatable bonds is 11. The Labute approximate surface area is 316 Å². The highest BCUT2D eigenvalue weighted by molar-refractivity contribution is 5.81. The lowest BCUT2D eigenvalue weighted by Gasteiger charge is -2.36. The zero-order chi connectivity index (χ0) is 37.5. The fourth-order valence-corrected chi connectivity index (χ4v) is 6.59. The summed E-state index contributed by atoms with van der Waals surface area (Å²) in [7, 11) is 1.70. The molecule has 7 rings (SSSR count). The van der Waals surface area contributed by atoms with E-state index in [0.29, 0.717) is 18.9 Å². The minimum absolute atomic E-state index is 0.333. The fraction of sp³-hybridized carbons (Fsp3) is 0.174. The zero-order valence-corrected chi connectivity index (χ0v) is 31.0. The summed E-state index contributed by atoms with van der Waals surface area (Å²) in [6.07, 6.45) is 5.39. The first kappa shape index (κ1) is 35.8. The van der Waals surface area contributed by atoms with Crippen LogP contribution in [0.4, 0.5) is 4.79 Å². The van der Waals surface area contributed by atoms with Crippen molar-refractivity contribution in [2.24, 2.45) is 0 Å². The van der Waals surface area contributed by atoms with Crippen molar-refractivity contribution in [3.63, 3.8) is 0 Å². The van der Waals surface area contributed by atoms with Gasteiger partial charge in [-0.05, 0) is 91.6 Å².